The van der Waals surface area contributed by atoms with Gasteiger partial charge in [-0.1, -0.05) is 41.5 Å². The van der Waals surface area contributed by atoms with E-state index < -0.39 is 0 Å². The monoisotopic (exact) mass is 452 g/mol. The van der Waals surface area contributed by atoms with E-state index in [1.807, 2.05) is 25.1 Å². The molecule has 8 nitrogen and oxygen atoms in total. The summed E-state index contributed by atoms with van der Waals surface area (Å²) in [5.74, 6) is 0.586. The SMILES string of the molecule is CC(C)=CCN1c2c(n(C)c(=O)n(CCc3cccc(C)c3)c2=O)NC1N1CCCC(N)C1. The van der Waals surface area contributed by atoms with Crippen LogP contribution >= 0.6 is 0 Å². The fourth-order valence-electron chi connectivity index (χ4n) is 4.83. The molecule has 0 spiro atoms. The summed E-state index contributed by atoms with van der Waals surface area (Å²) in [6.45, 7) is 8.74. The van der Waals surface area contributed by atoms with Gasteiger partial charge in [0.2, 0.25) is 0 Å². The Kier molecular flexibility index (Phi) is 6.76. The van der Waals surface area contributed by atoms with Crippen LogP contribution in [0.5, 0.6) is 0 Å². The van der Waals surface area contributed by atoms with Gasteiger partial charge in [0.15, 0.2) is 6.29 Å². The summed E-state index contributed by atoms with van der Waals surface area (Å²) in [7, 11) is 1.74. The van der Waals surface area contributed by atoms with Crippen molar-refractivity contribution in [1.82, 2.24) is 14.0 Å². The molecular formula is C25H36N6O2. The molecule has 178 valence electrons. The minimum absolute atomic E-state index is 0.115. The summed E-state index contributed by atoms with van der Waals surface area (Å²) >= 11 is 0. The lowest BCUT2D eigenvalue weighted by atomic mass is 10.1. The number of hydrogen-bond donors (Lipinski definition) is 2. The molecule has 1 aromatic carbocycles. The fourth-order valence-corrected chi connectivity index (χ4v) is 4.83. The van der Waals surface area contributed by atoms with Crippen LogP contribution in [0.3, 0.4) is 0 Å². The highest BCUT2D eigenvalue weighted by atomic mass is 16.2. The van der Waals surface area contributed by atoms with Gasteiger partial charge in [-0.15, -0.1) is 0 Å². The Labute approximate surface area is 195 Å². The van der Waals surface area contributed by atoms with E-state index in [4.69, 9.17) is 5.73 Å². The number of aryl methyl sites for hydroxylation is 2. The van der Waals surface area contributed by atoms with Crippen LogP contribution in [-0.4, -0.2) is 46.0 Å². The van der Waals surface area contributed by atoms with Gasteiger partial charge in [0, 0.05) is 39.3 Å². The zero-order chi connectivity index (χ0) is 23.7. The lowest BCUT2D eigenvalue weighted by Gasteiger charge is -2.39. The Balaban J connectivity index is 1.72. The van der Waals surface area contributed by atoms with Crippen molar-refractivity contribution in [3.8, 4) is 0 Å². The number of allylic oxidation sites excluding steroid dienone is 1. The summed E-state index contributed by atoms with van der Waals surface area (Å²) < 4.78 is 2.95. The van der Waals surface area contributed by atoms with Crippen molar-refractivity contribution in [3.63, 3.8) is 0 Å². The van der Waals surface area contributed by atoms with E-state index in [-0.39, 0.29) is 23.6 Å². The van der Waals surface area contributed by atoms with Crippen molar-refractivity contribution in [2.75, 3.05) is 29.9 Å². The molecular weight excluding hydrogens is 416 g/mol. The average Bonchev–Trinajstić information content (AvgIpc) is 3.16. The van der Waals surface area contributed by atoms with Crippen molar-refractivity contribution in [2.45, 2.75) is 58.9 Å². The number of fused-ring (bicyclic) bond motifs is 1. The second kappa shape index (κ2) is 9.57. The highest BCUT2D eigenvalue weighted by Crippen LogP contribution is 2.32. The van der Waals surface area contributed by atoms with Crippen molar-refractivity contribution < 1.29 is 0 Å². The molecule has 0 saturated carbocycles. The number of piperidine rings is 1. The molecule has 1 saturated heterocycles. The topological polar surface area (TPSA) is 88.5 Å². The van der Waals surface area contributed by atoms with Crippen LogP contribution in [0, 0.1) is 6.92 Å². The number of nitrogens with zero attached hydrogens (tertiary/aromatic N) is 4. The van der Waals surface area contributed by atoms with Crippen LogP contribution in [0.2, 0.25) is 0 Å². The summed E-state index contributed by atoms with van der Waals surface area (Å²) in [6, 6.07) is 8.30. The Morgan fingerprint density at radius 3 is 2.76 bits per heavy atom. The normalized spacial score (nSPS) is 20.5. The third kappa shape index (κ3) is 4.77. The lowest BCUT2D eigenvalue weighted by Crippen LogP contribution is -2.56. The van der Waals surface area contributed by atoms with Crippen LogP contribution in [0.4, 0.5) is 11.5 Å². The first-order valence-corrected chi connectivity index (χ1v) is 11.8. The molecule has 0 radical (unpaired) electrons. The molecule has 2 aliphatic rings. The third-order valence-electron chi connectivity index (χ3n) is 6.61. The highest BCUT2D eigenvalue weighted by Gasteiger charge is 2.38. The fraction of sp³-hybridized carbons (Fsp3) is 0.520. The van der Waals surface area contributed by atoms with E-state index in [1.165, 1.54) is 15.7 Å². The average molecular weight is 453 g/mol. The van der Waals surface area contributed by atoms with Crippen LogP contribution in [-0.2, 0) is 20.0 Å². The molecule has 2 aliphatic heterocycles. The minimum Gasteiger partial charge on any atom is -0.337 e. The van der Waals surface area contributed by atoms with Gasteiger partial charge in [0.05, 0.1) is 0 Å². The number of benzene rings is 1. The predicted molar refractivity (Wildman–Crippen MR) is 134 cm³/mol. The molecule has 0 amide bonds. The number of likely N-dealkylation sites (tertiary alicyclic amines) is 1. The van der Waals surface area contributed by atoms with Crippen molar-refractivity contribution in [1.29, 1.82) is 0 Å². The molecule has 2 atom stereocenters. The lowest BCUT2D eigenvalue weighted by molar-refractivity contribution is 0.164. The van der Waals surface area contributed by atoms with Crippen LogP contribution < -0.4 is 27.2 Å². The Bertz CT molecular complexity index is 1160. The van der Waals surface area contributed by atoms with E-state index in [9.17, 15) is 9.59 Å². The van der Waals surface area contributed by atoms with Crippen LogP contribution in [0.1, 0.15) is 37.8 Å². The Morgan fingerprint density at radius 2 is 2.06 bits per heavy atom. The molecule has 8 heteroatoms. The Hall–Kier alpha value is -2.84. The van der Waals surface area contributed by atoms with E-state index in [0.29, 0.717) is 31.0 Å². The van der Waals surface area contributed by atoms with Gasteiger partial charge in [-0.05, 0) is 45.6 Å². The van der Waals surface area contributed by atoms with Crippen LogP contribution in [0.25, 0.3) is 0 Å². The zero-order valence-electron chi connectivity index (χ0n) is 20.2. The first-order valence-electron chi connectivity index (χ1n) is 11.8. The van der Waals surface area contributed by atoms with Crippen molar-refractivity contribution >= 4 is 11.5 Å². The van der Waals surface area contributed by atoms with E-state index in [0.717, 1.165) is 31.5 Å². The van der Waals surface area contributed by atoms with Crippen molar-refractivity contribution in [3.05, 3.63) is 67.9 Å². The van der Waals surface area contributed by atoms with E-state index >= 15 is 0 Å². The Morgan fingerprint density at radius 1 is 1.27 bits per heavy atom. The number of nitrogens with two attached hydrogens (primary N) is 1. The molecule has 1 aromatic heterocycles. The standard InChI is InChI=1S/C25H36N6O2/c1-17(2)10-13-30-21-22(27-24(30)29-12-6-9-20(26)16-29)28(4)25(33)31(23(21)32)14-11-19-8-5-7-18(3)15-19/h5,7-8,10,15,20,24,27H,6,9,11-14,16,26H2,1-4H3. The molecule has 2 unspecified atom stereocenters. The largest absolute Gasteiger partial charge is 0.337 e. The molecule has 0 aliphatic carbocycles. The molecule has 3 N–H and O–H groups in total. The summed E-state index contributed by atoms with van der Waals surface area (Å²) in [4.78, 5) is 31.2. The molecule has 1 fully saturated rings. The van der Waals surface area contributed by atoms with Gasteiger partial charge >= 0.3 is 5.69 Å². The quantitative estimate of drug-likeness (QED) is 0.652. The molecule has 3 heterocycles. The first-order chi connectivity index (χ1) is 15.8. The molecule has 0 bridgehead atoms. The molecule has 33 heavy (non-hydrogen) atoms. The number of rotatable bonds is 6. The molecule has 4 rings (SSSR count). The predicted octanol–water partition coefficient (Wildman–Crippen LogP) is 2.00. The van der Waals surface area contributed by atoms with Gasteiger partial charge < -0.3 is 16.0 Å². The van der Waals surface area contributed by atoms with Gasteiger partial charge in [-0.25, -0.2) is 4.79 Å². The van der Waals surface area contributed by atoms with E-state index in [2.05, 4.69) is 41.1 Å². The maximum atomic E-state index is 13.7. The summed E-state index contributed by atoms with van der Waals surface area (Å²) in [5, 5.41) is 3.47. The zero-order valence-corrected chi connectivity index (χ0v) is 20.2. The second-order valence-corrected chi connectivity index (χ2v) is 9.58. The van der Waals surface area contributed by atoms with Gasteiger partial charge in [0.25, 0.3) is 5.56 Å². The number of hydrogen-bond acceptors (Lipinski definition) is 6. The summed E-state index contributed by atoms with van der Waals surface area (Å²) in [5.41, 5.74) is 9.75. The second-order valence-electron chi connectivity index (χ2n) is 9.58. The highest BCUT2D eigenvalue weighted by molar-refractivity contribution is 5.72. The summed E-state index contributed by atoms with van der Waals surface area (Å²) in [6.07, 6.45) is 4.57. The number of aromatic nitrogens is 2. The smallest absolute Gasteiger partial charge is 0.332 e. The van der Waals surface area contributed by atoms with Gasteiger partial charge in [-0.3, -0.25) is 18.8 Å². The minimum atomic E-state index is -0.294. The van der Waals surface area contributed by atoms with Crippen LogP contribution in [0.15, 0.2) is 45.5 Å². The first kappa shape index (κ1) is 23.3. The number of anilines is 2. The van der Waals surface area contributed by atoms with Gasteiger partial charge in [0.1, 0.15) is 11.5 Å². The van der Waals surface area contributed by atoms with Crippen molar-refractivity contribution in [2.24, 2.45) is 12.8 Å². The molecule has 2 aromatic rings. The third-order valence-corrected chi connectivity index (χ3v) is 6.61. The van der Waals surface area contributed by atoms with Gasteiger partial charge in [-0.2, -0.15) is 0 Å². The maximum Gasteiger partial charge on any atom is 0.332 e. The number of nitrogens with one attached hydrogen (secondary N) is 1. The van der Waals surface area contributed by atoms with E-state index in [1.54, 1.807) is 11.6 Å². The maximum absolute atomic E-state index is 13.7.